The van der Waals surface area contributed by atoms with E-state index in [4.69, 9.17) is 0 Å². The Kier molecular flexibility index (Phi) is 4.10. The summed E-state index contributed by atoms with van der Waals surface area (Å²) < 4.78 is 0. The zero-order valence-electron chi connectivity index (χ0n) is 11.9. The van der Waals surface area contributed by atoms with Crippen molar-refractivity contribution in [3.63, 3.8) is 0 Å². The van der Waals surface area contributed by atoms with Crippen LogP contribution in [-0.4, -0.2) is 21.0 Å². The Morgan fingerprint density at radius 1 is 1.16 bits per heavy atom. The van der Waals surface area contributed by atoms with E-state index in [0.29, 0.717) is 0 Å². The minimum Gasteiger partial charge on any atom is -0.367 e. The standard InChI is InChI=1S/C15H20N4/c1-10-9-16-13(4)19-15(10)18-12(3)8-14-7-5-6-11(2)17-14/h5-7,9,12H,8H2,1-4H3,(H,16,18,19). The van der Waals surface area contributed by atoms with Crippen LogP contribution in [0, 0.1) is 20.8 Å². The van der Waals surface area contributed by atoms with Crippen molar-refractivity contribution in [2.24, 2.45) is 0 Å². The topological polar surface area (TPSA) is 50.7 Å². The maximum absolute atomic E-state index is 4.52. The molecule has 0 spiro atoms. The lowest BCUT2D eigenvalue weighted by molar-refractivity contribution is 0.758. The Bertz CT molecular complexity index is 566. The van der Waals surface area contributed by atoms with Gasteiger partial charge in [0.25, 0.3) is 0 Å². The first-order chi connectivity index (χ1) is 9.04. The summed E-state index contributed by atoms with van der Waals surface area (Å²) in [7, 11) is 0. The largest absolute Gasteiger partial charge is 0.367 e. The van der Waals surface area contributed by atoms with E-state index in [2.05, 4.69) is 33.3 Å². The van der Waals surface area contributed by atoms with E-state index in [1.807, 2.05) is 39.1 Å². The molecule has 0 aliphatic heterocycles. The minimum atomic E-state index is 0.280. The number of hydrogen-bond acceptors (Lipinski definition) is 4. The maximum Gasteiger partial charge on any atom is 0.132 e. The molecule has 0 amide bonds. The molecule has 0 bridgehead atoms. The number of nitrogens with zero attached hydrogens (tertiary/aromatic N) is 3. The zero-order chi connectivity index (χ0) is 13.8. The second kappa shape index (κ2) is 5.78. The molecule has 1 unspecified atom stereocenters. The SMILES string of the molecule is Cc1cccc(CC(C)Nc2nc(C)ncc2C)n1. The van der Waals surface area contributed by atoms with E-state index in [1.54, 1.807) is 0 Å². The first-order valence-electron chi connectivity index (χ1n) is 6.54. The predicted octanol–water partition coefficient (Wildman–Crippen LogP) is 2.84. The van der Waals surface area contributed by atoms with Gasteiger partial charge in [0, 0.05) is 35.6 Å². The van der Waals surface area contributed by atoms with Gasteiger partial charge >= 0.3 is 0 Å². The van der Waals surface area contributed by atoms with Gasteiger partial charge in [-0.2, -0.15) is 0 Å². The number of aryl methyl sites for hydroxylation is 3. The van der Waals surface area contributed by atoms with Gasteiger partial charge in [0.1, 0.15) is 11.6 Å². The molecule has 0 saturated heterocycles. The van der Waals surface area contributed by atoms with Gasteiger partial charge in [0.05, 0.1) is 0 Å². The van der Waals surface area contributed by atoms with E-state index in [1.165, 1.54) is 0 Å². The zero-order valence-corrected chi connectivity index (χ0v) is 11.9. The molecule has 2 aromatic rings. The van der Waals surface area contributed by atoms with Crippen molar-refractivity contribution in [1.29, 1.82) is 0 Å². The molecule has 1 atom stereocenters. The molecule has 0 aromatic carbocycles. The number of aromatic nitrogens is 3. The van der Waals surface area contributed by atoms with Crippen LogP contribution >= 0.6 is 0 Å². The lowest BCUT2D eigenvalue weighted by Crippen LogP contribution is -2.20. The first-order valence-corrected chi connectivity index (χ1v) is 6.54. The van der Waals surface area contributed by atoms with Crippen LogP contribution in [-0.2, 0) is 6.42 Å². The van der Waals surface area contributed by atoms with Crippen molar-refractivity contribution in [2.45, 2.75) is 40.2 Å². The molecule has 0 saturated carbocycles. The normalized spacial score (nSPS) is 12.2. The van der Waals surface area contributed by atoms with Gasteiger partial charge in [-0.15, -0.1) is 0 Å². The van der Waals surface area contributed by atoms with Crippen LogP contribution in [0.4, 0.5) is 5.82 Å². The lowest BCUT2D eigenvalue weighted by atomic mass is 10.1. The minimum absolute atomic E-state index is 0.280. The molecule has 2 aromatic heterocycles. The van der Waals surface area contributed by atoms with Crippen LogP contribution in [0.15, 0.2) is 24.4 Å². The smallest absolute Gasteiger partial charge is 0.132 e. The van der Waals surface area contributed by atoms with Crippen molar-refractivity contribution >= 4 is 5.82 Å². The fourth-order valence-corrected chi connectivity index (χ4v) is 1.99. The monoisotopic (exact) mass is 256 g/mol. The number of anilines is 1. The van der Waals surface area contributed by atoms with Crippen molar-refractivity contribution < 1.29 is 0 Å². The van der Waals surface area contributed by atoms with Crippen LogP contribution < -0.4 is 5.32 Å². The highest BCUT2D eigenvalue weighted by Gasteiger charge is 2.08. The quantitative estimate of drug-likeness (QED) is 0.914. The molecule has 0 aliphatic carbocycles. The third-order valence-electron chi connectivity index (χ3n) is 2.94. The fourth-order valence-electron chi connectivity index (χ4n) is 1.99. The summed E-state index contributed by atoms with van der Waals surface area (Å²) in [5.41, 5.74) is 3.22. The highest BCUT2D eigenvalue weighted by atomic mass is 15.0. The van der Waals surface area contributed by atoms with Gasteiger partial charge < -0.3 is 5.32 Å². The molecule has 4 nitrogen and oxygen atoms in total. The second-order valence-corrected chi connectivity index (χ2v) is 4.97. The highest BCUT2D eigenvalue weighted by Crippen LogP contribution is 2.12. The molecule has 19 heavy (non-hydrogen) atoms. The molecule has 2 heterocycles. The highest BCUT2D eigenvalue weighted by molar-refractivity contribution is 5.42. The number of pyridine rings is 1. The molecule has 100 valence electrons. The summed E-state index contributed by atoms with van der Waals surface area (Å²) in [6, 6.07) is 6.40. The Balaban J connectivity index is 2.05. The van der Waals surface area contributed by atoms with Crippen molar-refractivity contribution in [2.75, 3.05) is 5.32 Å². The van der Waals surface area contributed by atoms with Gasteiger partial charge in [-0.3, -0.25) is 4.98 Å². The van der Waals surface area contributed by atoms with E-state index >= 15 is 0 Å². The van der Waals surface area contributed by atoms with E-state index in [-0.39, 0.29) is 6.04 Å². The van der Waals surface area contributed by atoms with Gasteiger partial charge in [-0.05, 0) is 39.8 Å². The molecular weight excluding hydrogens is 236 g/mol. The third kappa shape index (κ3) is 3.74. The summed E-state index contributed by atoms with van der Waals surface area (Å²) in [5.74, 6) is 1.70. The molecular formula is C15H20N4. The van der Waals surface area contributed by atoms with Crippen LogP contribution in [0.2, 0.25) is 0 Å². The van der Waals surface area contributed by atoms with Gasteiger partial charge in [-0.25, -0.2) is 9.97 Å². The van der Waals surface area contributed by atoms with Crippen molar-refractivity contribution in [3.05, 3.63) is 47.2 Å². The summed E-state index contributed by atoms with van der Waals surface area (Å²) in [6.45, 7) is 8.07. The fraction of sp³-hybridized carbons (Fsp3) is 0.400. The Morgan fingerprint density at radius 2 is 1.95 bits per heavy atom. The average Bonchev–Trinajstić information content (AvgIpc) is 2.34. The average molecular weight is 256 g/mol. The molecule has 0 fully saturated rings. The number of nitrogens with one attached hydrogen (secondary N) is 1. The second-order valence-electron chi connectivity index (χ2n) is 4.97. The Labute approximate surface area is 114 Å². The molecule has 0 aliphatic rings. The summed E-state index contributed by atoms with van der Waals surface area (Å²) in [5, 5.41) is 3.43. The summed E-state index contributed by atoms with van der Waals surface area (Å²) in [6.07, 6.45) is 2.73. The third-order valence-corrected chi connectivity index (χ3v) is 2.94. The maximum atomic E-state index is 4.52. The van der Waals surface area contributed by atoms with Gasteiger partial charge in [-0.1, -0.05) is 6.07 Å². The van der Waals surface area contributed by atoms with E-state index in [9.17, 15) is 0 Å². The summed E-state index contributed by atoms with van der Waals surface area (Å²) in [4.78, 5) is 13.1. The number of hydrogen-bond donors (Lipinski definition) is 1. The molecule has 0 radical (unpaired) electrons. The number of rotatable bonds is 4. The van der Waals surface area contributed by atoms with Crippen molar-refractivity contribution in [3.8, 4) is 0 Å². The van der Waals surface area contributed by atoms with Crippen LogP contribution in [0.3, 0.4) is 0 Å². The molecule has 4 heteroatoms. The Hall–Kier alpha value is -1.97. The van der Waals surface area contributed by atoms with Crippen LogP contribution in [0.1, 0.15) is 29.7 Å². The van der Waals surface area contributed by atoms with E-state index in [0.717, 1.165) is 35.0 Å². The molecule has 1 N–H and O–H groups in total. The Morgan fingerprint density at radius 3 is 2.68 bits per heavy atom. The van der Waals surface area contributed by atoms with Crippen molar-refractivity contribution in [1.82, 2.24) is 15.0 Å². The molecule has 2 rings (SSSR count). The van der Waals surface area contributed by atoms with Gasteiger partial charge in [0.15, 0.2) is 0 Å². The predicted molar refractivity (Wildman–Crippen MR) is 77.3 cm³/mol. The first kappa shape index (κ1) is 13.5. The van der Waals surface area contributed by atoms with E-state index < -0.39 is 0 Å². The van der Waals surface area contributed by atoms with Crippen LogP contribution in [0.25, 0.3) is 0 Å². The van der Waals surface area contributed by atoms with Crippen LogP contribution in [0.5, 0.6) is 0 Å². The van der Waals surface area contributed by atoms with Gasteiger partial charge in [0.2, 0.25) is 0 Å². The lowest BCUT2D eigenvalue weighted by Gasteiger charge is -2.16. The summed E-state index contributed by atoms with van der Waals surface area (Å²) >= 11 is 0.